The molecule has 1 aromatic heterocycles. The van der Waals surface area contributed by atoms with E-state index < -0.39 is 11.4 Å². The number of hydrogen-bond donors (Lipinski definition) is 2. The van der Waals surface area contributed by atoms with E-state index in [1.54, 1.807) is 38.1 Å². The Kier molecular flexibility index (Phi) is 3.81. The van der Waals surface area contributed by atoms with Gasteiger partial charge in [-0.25, -0.2) is 0 Å². The maximum absolute atomic E-state index is 12.0. The minimum absolute atomic E-state index is 0.188. The first kappa shape index (κ1) is 14.1. The minimum Gasteiger partial charge on any atom is -0.492 e. The number of aromatic nitrogens is 1. The van der Waals surface area contributed by atoms with Gasteiger partial charge in [0.25, 0.3) is 5.56 Å². The number of hydrogen-bond acceptors (Lipinski definition) is 4. The van der Waals surface area contributed by atoms with Gasteiger partial charge in [-0.05, 0) is 31.5 Å². The van der Waals surface area contributed by atoms with Gasteiger partial charge in [-0.3, -0.25) is 9.79 Å². The maximum atomic E-state index is 12.0. The van der Waals surface area contributed by atoms with Crippen molar-refractivity contribution in [2.75, 3.05) is 0 Å². The predicted molar refractivity (Wildman–Crippen MR) is 77.6 cm³/mol. The van der Waals surface area contributed by atoms with E-state index in [1.807, 2.05) is 0 Å². The lowest BCUT2D eigenvalue weighted by atomic mass is 10.1. The number of halogens is 1. The Morgan fingerprint density at radius 2 is 2.00 bits per heavy atom. The first-order chi connectivity index (χ1) is 9.41. The van der Waals surface area contributed by atoms with E-state index in [-0.39, 0.29) is 10.3 Å². The zero-order valence-electron chi connectivity index (χ0n) is 11.0. The lowest BCUT2D eigenvalue weighted by Gasteiger charge is -2.08. The molecule has 0 aliphatic heterocycles. The molecule has 1 heterocycles. The molecule has 0 radical (unpaired) electrons. The van der Waals surface area contributed by atoms with Crippen LogP contribution in [-0.4, -0.2) is 20.8 Å². The number of aromatic hydroxyl groups is 1. The Morgan fingerprint density at radius 1 is 1.35 bits per heavy atom. The fraction of sp³-hybridized carbons (Fsp3) is 0.143. The van der Waals surface area contributed by atoms with Gasteiger partial charge in [-0.1, -0.05) is 23.7 Å². The van der Waals surface area contributed by atoms with E-state index in [2.05, 4.69) is 4.99 Å². The van der Waals surface area contributed by atoms with Crippen LogP contribution < -0.4 is 5.56 Å². The van der Waals surface area contributed by atoms with Crippen LogP contribution in [-0.2, 0) is 0 Å². The van der Waals surface area contributed by atoms with Crippen LogP contribution in [0.15, 0.2) is 40.1 Å². The van der Waals surface area contributed by atoms with Crippen molar-refractivity contribution in [3.05, 3.63) is 56.8 Å². The zero-order chi connectivity index (χ0) is 14.9. The number of para-hydroxylation sites is 1. The molecule has 0 aliphatic rings. The SMILES string of the molecule is C/C(=N\c1ccccc1Cl)c1c(C)cc(O)n(O)c1=O. The van der Waals surface area contributed by atoms with Gasteiger partial charge in [0, 0.05) is 6.07 Å². The molecule has 2 N–H and O–H groups in total. The average molecular weight is 293 g/mol. The van der Waals surface area contributed by atoms with Crippen molar-refractivity contribution in [2.24, 2.45) is 4.99 Å². The van der Waals surface area contributed by atoms with E-state index in [1.165, 1.54) is 6.07 Å². The molecule has 0 bridgehead atoms. The lowest BCUT2D eigenvalue weighted by molar-refractivity contribution is 0.143. The van der Waals surface area contributed by atoms with Gasteiger partial charge in [0.1, 0.15) is 0 Å². The van der Waals surface area contributed by atoms with E-state index in [9.17, 15) is 15.1 Å². The summed E-state index contributed by atoms with van der Waals surface area (Å²) in [5.74, 6) is -0.512. The molecule has 0 saturated carbocycles. The van der Waals surface area contributed by atoms with Crippen molar-refractivity contribution in [3.8, 4) is 5.88 Å². The molecule has 20 heavy (non-hydrogen) atoms. The molecule has 0 fully saturated rings. The number of rotatable bonds is 2. The first-order valence-electron chi connectivity index (χ1n) is 5.87. The fourth-order valence-corrected chi connectivity index (χ4v) is 2.10. The Labute approximate surface area is 120 Å². The summed E-state index contributed by atoms with van der Waals surface area (Å²) < 4.78 is 0.188. The lowest BCUT2D eigenvalue weighted by Crippen LogP contribution is -2.25. The number of pyridine rings is 1. The normalized spacial score (nSPS) is 11.7. The van der Waals surface area contributed by atoms with Crippen LogP contribution in [0.2, 0.25) is 5.02 Å². The quantitative estimate of drug-likeness (QED) is 0.660. The molecule has 0 unspecified atom stereocenters. The van der Waals surface area contributed by atoms with Crippen LogP contribution in [0.1, 0.15) is 18.1 Å². The van der Waals surface area contributed by atoms with Crippen LogP contribution in [0.4, 0.5) is 5.69 Å². The Morgan fingerprint density at radius 3 is 2.65 bits per heavy atom. The highest BCUT2D eigenvalue weighted by Gasteiger charge is 2.14. The number of aryl methyl sites for hydroxylation is 1. The van der Waals surface area contributed by atoms with Gasteiger partial charge < -0.3 is 10.3 Å². The Bertz CT molecular complexity index is 751. The molecule has 2 aromatic rings. The van der Waals surface area contributed by atoms with Gasteiger partial charge in [0.05, 0.1) is 22.0 Å². The number of nitrogens with zero attached hydrogens (tertiary/aromatic N) is 2. The van der Waals surface area contributed by atoms with E-state index >= 15 is 0 Å². The molecule has 1 aromatic carbocycles. The summed E-state index contributed by atoms with van der Waals surface area (Å²) in [5.41, 5.74) is 0.957. The monoisotopic (exact) mass is 292 g/mol. The van der Waals surface area contributed by atoms with Crippen molar-refractivity contribution in [1.29, 1.82) is 0 Å². The molecule has 2 rings (SSSR count). The van der Waals surface area contributed by atoms with Crippen molar-refractivity contribution in [1.82, 2.24) is 4.73 Å². The molecular formula is C14H13ClN2O3. The third-order valence-electron chi connectivity index (χ3n) is 2.87. The third-order valence-corrected chi connectivity index (χ3v) is 3.19. The Balaban J connectivity index is 2.61. The van der Waals surface area contributed by atoms with Crippen molar-refractivity contribution in [3.63, 3.8) is 0 Å². The molecule has 0 aliphatic carbocycles. The molecule has 0 amide bonds. The molecular weight excluding hydrogens is 280 g/mol. The minimum atomic E-state index is -0.726. The molecule has 104 valence electrons. The van der Waals surface area contributed by atoms with Crippen LogP contribution in [0, 0.1) is 6.92 Å². The van der Waals surface area contributed by atoms with Gasteiger partial charge in [0.15, 0.2) is 0 Å². The summed E-state index contributed by atoms with van der Waals surface area (Å²) in [6.07, 6.45) is 0. The molecule has 6 heteroatoms. The molecule has 0 atom stereocenters. The highest BCUT2D eigenvalue weighted by molar-refractivity contribution is 6.33. The van der Waals surface area contributed by atoms with E-state index in [0.717, 1.165) is 0 Å². The van der Waals surface area contributed by atoms with Crippen molar-refractivity contribution >= 4 is 23.0 Å². The highest BCUT2D eigenvalue weighted by Crippen LogP contribution is 2.25. The molecule has 0 saturated heterocycles. The zero-order valence-corrected chi connectivity index (χ0v) is 11.7. The van der Waals surface area contributed by atoms with Crippen molar-refractivity contribution in [2.45, 2.75) is 13.8 Å². The summed E-state index contributed by atoms with van der Waals surface area (Å²) in [6, 6.07) is 8.28. The van der Waals surface area contributed by atoms with Gasteiger partial charge in [-0.2, -0.15) is 0 Å². The van der Waals surface area contributed by atoms with Crippen molar-refractivity contribution < 1.29 is 10.3 Å². The van der Waals surface area contributed by atoms with E-state index in [4.69, 9.17) is 11.6 Å². The Hall–Kier alpha value is -2.27. The average Bonchev–Trinajstić information content (AvgIpc) is 2.39. The second-order valence-electron chi connectivity index (χ2n) is 4.33. The number of benzene rings is 1. The maximum Gasteiger partial charge on any atom is 0.295 e. The van der Waals surface area contributed by atoms with Gasteiger partial charge >= 0.3 is 0 Å². The highest BCUT2D eigenvalue weighted by atomic mass is 35.5. The summed E-state index contributed by atoms with van der Waals surface area (Å²) in [4.78, 5) is 16.3. The van der Waals surface area contributed by atoms with E-state index in [0.29, 0.717) is 22.0 Å². The summed E-state index contributed by atoms with van der Waals surface area (Å²) in [5, 5.41) is 19.3. The number of aliphatic imine (C=N–C) groups is 1. The largest absolute Gasteiger partial charge is 0.492 e. The second kappa shape index (κ2) is 5.38. The smallest absolute Gasteiger partial charge is 0.295 e. The molecule has 0 spiro atoms. The first-order valence-corrected chi connectivity index (χ1v) is 6.24. The van der Waals surface area contributed by atoms with Crippen LogP contribution >= 0.6 is 11.6 Å². The fourth-order valence-electron chi connectivity index (χ4n) is 1.92. The summed E-state index contributed by atoms with van der Waals surface area (Å²) in [7, 11) is 0. The third kappa shape index (κ3) is 2.53. The van der Waals surface area contributed by atoms with Crippen LogP contribution in [0.25, 0.3) is 0 Å². The topological polar surface area (TPSA) is 74.8 Å². The van der Waals surface area contributed by atoms with Crippen LogP contribution in [0.5, 0.6) is 5.88 Å². The predicted octanol–water partition coefficient (Wildman–Crippen LogP) is 2.89. The second-order valence-corrected chi connectivity index (χ2v) is 4.73. The van der Waals surface area contributed by atoms with Gasteiger partial charge in [0.2, 0.25) is 5.88 Å². The summed E-state index contributed by atoms with van der Waals surface area (Å²) >= 11 is 6.01. The standard InChI is InChI=1S/C14H13ClN2O3/c1-8-7-12(18)17(20)14(19)13(8)9(2)16-11-6-4-3-5-10(11)15/h3-7,18,20H,1-2H3/b16-9+. The molecule has 5 nitrogen and oxygen atoms in total. The van der Waals surface area contributed by atoms with Gasteiger partial charge in [-0.15, -0.1) is 4.73 Å². The van der Waals surface area contributed by atoms with Crippen LogP contribution in [0.3, 0.4) is 0 Å². The summed E-state index contributed by atoms with van der Waals surface area (Å²) in [6.45, 7) is 3.30.